The third-order valence-electron chi connectivity index (χ3n) is 17.6. The van der Waals surface area contributed by atoms with Crippen molar-refractivity contribution >= 4 is 11.9 Å². The lowest BCUT2D eigenvalue weighted by molar-refractivity contribution is -0.297. The van der Waals surface area contributed by atoms with Gasteiger partial charge in [0, 0.05) is 94.8 Å². The van der Waals surface area contributed by atoms with E-state index in [4.69, 9.17) is 37.9 Å². The smallest absolute Gasteiger partial charge is 0.338 e. The summed E-state index contributed by atoms with van der Waals surface area (Å²) in [4.78, 5) is 31.6. The number of unbranched alkanes of at least 4 members (excludes halogenated alkanes) is 14. The molecule has 1 spiro atoms. The minimum absolute atomic E-state index is 0.0775. The average molecular weight is 898 g/mol. The molecule has 14 atom stereocenters. The largest absolute Gasteiger partial charge is 0.493 e. The number of ether oxygens (including phenoxy) is 8. The summed E-state index contributed by atoms with van der Waals surface area (Å²) in [7, 11) is 10.1. The number of carbonyl (C=O) groups excluding carboxylic acids is 2. The summed E-state index contributed by atoms with van der Waals surface area (Å²) >= 11 is 0. The van der Waals surface area contributed by atoms with E-state index in [1.54, 1.807) is 60.9 Å². The highest BCUT2D eigenvalue weighted by Crippen LogP contribution is 2.80. The van der Waals surface area contributed by atoms with Gasteiger partial charge >= 0.3 is 11.9 Å². The predicted octanol–water partition coefficient (Wildman–Crippen LogP) is 8.82. The van der Waals surface area contributed by atoms with Gasteiger partial charge in [-0.3, -0.25) is 9.69 Å². The SMILES string of the molecule is CCCCCCCCCCCCCCCCCC(=O)O[C@]12C[C@H](OC)[C@H]3C[C@H]([C@@H]1[C@H]3OC(=O)c1ccc(OC)c(OC)c1)[C@@]13C(OC)C[C@@H](O)[C@@]4(COC)CN(CC)[C@@H]1[C@@H]2[C@H](OC)[C@H]43. The Balaban J connectivity index is 1.15. The zero-order chi connectivity index (χ0) is 45.6. The number of methoxy groups -OCH3 is 6. The van der Waals surface area contributed by atoms with Crippen molar-refractivity contribution in [2.45, 2.75) is 178 Å². The van der Waals surface area contributed by atoms with Crippen LogP contribution in [0.4, 0.5) is 0 Å². The monoisotopic (exact) mass is 898 g/mol. The fourth-order valence-corrected chi connectivity index (χ4v) is 15.3. The van der Waals surface area contributed by atoms with E-state index in [1.807, 2.05) is 0 Å². The van der Waals surface area contributed by atoms with Crippen molar-refractivity contribution in [3.63, 3.8) is 0 Å². The van der Waals surface area contributed by atoms with E-state index in [9.17, 15) is 14.7 Å². The summed E-state index contributed by atoms with van der Waals surface area (Å²) in [5.41, 5.74) is -1.91. The summed E-state index contributed by atoms with van der Waals surface area (Å²) in [6, 6.07) is 4.99. The van der Waals surface area contributed by atoms with Crippen molar-refractivity contribution in [3.8, 4) is 11.5 Å². The van der Waals surface area contributed by atoms with Crippen LogP contribution in [0.25, 0.3) is 0 Å². The lowest BCUT2D eigenvalue weighted by Crippen LogP contribution is -2.79. The summed E-state index contributed by atoms with van der Waals surface area (Å²) in [6.45, 7) is 6.18. The van der Waals surface area contributed by atoms with Crippen LogP contribution in [0.5, 0.6) is 11.5 Å². The highest BCUT2D eigenvalue weighted by Gasteiger charge is 2.89. The van der Waals surface area contributed by atoms with Gasteiger partial charge in [0.15, 0.2) is 11.5 Å². The highest BCUT2D eigenvalue weighted by atomic mass is 16.6. The minimum Gasteiger partial charge on any atom is -0.493 e. The summed E-state index contributed by atoms with van der Waals surface area (Å²) in [6.07, 6.45) is 18.4. The van der Waals surface area contributed by atoms with E-state index >= 15 is 0 Å². The second-order valence-electron chi connectivity index (χ2n) is 20.4. The Morgan fingerprint density at radius 3 is 1.95 bits per heavy atom. The van der Waals surface area contributed by atoms with Crippen LogP contribution in [-0.2, 0) is 33.2 Å². The molecule has 1 aromatic rings. The molecule has 362 valence electrons. The van der Waals surface area contributed by atoms with Crippen LogP contribution in [0.2, 0.25) is 0 Å². The first-order valence-corrected chi connectivity index (χ1v) is 25.3. The molecule has 1 heterocycles. The van der Waals surface area contributed by atoms with Crippen LogP contribution >= 0.6 is 0 Å². The van der Waals surface area contributed by atoms with Crippen molar-refractivity contribution in [3.05, 3.63) is 23.8 Å². The van der Waals surface area contributed by atoms with Crippen LogP contribution in [-0.4, -0.2) is 126 Å². The first-order chi connectivity index (χ1) is 31.1. The van der Waals surface area contributed by atoms with Gasteiger partial charge in [0.25, 0.3) is 0 Å². The number of nitrogens with zero attached hydrogens (tertiary/aromatic N) is 1. The van der Waals surface area contributed by atoms with Crippen LogP contribution in [0.3, 0.4) is 0 Å². The minimum atomic E-state index is -1.08. The number of aliphatic hydroxyl groups excluding tert-OH is 1. The van der Waals surface area contributed by atoms with Crippen LogP contribution in [0, 0.1) is 40.4 Å². The summed E-state index contributed by atoms with van der Waals surface area (Å²) in [5.74, 6) is -0.828. The number of aliphatic hydroxyl groups is 1. The maximum atomic E-state index is 14.6. The van der Waals surface area contributed by atoms with Gasteiger partial charge in [0.05, 0.1) is 50.8 Å². The number of fused-ring (bicyclic) bond motifs is 2. The lowest BCUT2D eigenvalue weighted by Gasteiger charge is -2.70. The number of piperidine rings is 1. The van der Waals surface area contributed by atoms with Gasteiger partial charge in [-0.1, -0.05) is 104 Å². The van der Waals surface area contributed by atoms with Gasteiger partial charge in [-0.2, -0.15) is 0 Å². The Hall–Kier alpha value is -2.48. The first kappa shape index (κ1) is 49.4. The van der Waals surface area contributed by atoms with Crippen LogP contribution in [0.1, 0.15) is 146 Å². The van der Waals surface area contributed by atoms with Gasteiger partial charge < -0.3 is 43.0 Å². The molecule has 1 aromatic carbocycles. The fourth-order valence-electron chi connectivity index (χ4n) is 15.3. The third kappa shape index (κ3) is 8.54. The Morgan fingerprint density at radius 1 is 0.750 bits per heavy atom. The number of hydrogen-bond acceptors (Lipinski definition) is 12. The molecular weight excluding hydrogens is 815 g/mol. The lowest BCUT2D eigenvalue weighted by atomic mass is 9.42. The Kier molecular flexibility index (Phi) is 16.7. The molecule has 1 saturated heterocycles. The van der Waals surface area contributed by atoms with E-state index in [0.717, 1.165) is 25.8 Å². The molecule has 1 aliphatic heterocycles. The standard InChI is InChI=1S/C52H83NO11/c1-9-11-12-13-14-15-16-17-18-19-20-21-22-23-24-25-42(55)64-51-31-39(60-6)35-29-36(43(51)45(35)63-49(56)34-26-27-37(58-4)38(28-34)59-5)52-41(61-7)30-40(54)50(33-57-3)32-53(10-2)48(52)44(51)46(62-8)47(50)52/h26-28,35-36,39-41,43-48,54H,9-25,29-33H2,1-8H3/t35-,36-,39+,40-,41?,43-,44+,45+,46+,47-,48-,50+,51-,52+/m1/s1. The van der Waals surface area contributed by atoms with Crippen molar-refractivity contribution in [1.29, 1.82) is 0 Å². The van der Waals surface area contributed by atoms with Crippen molar-refractivity contribution < 1.29 is 52.6 Å². The first-order valence-electron chi connectivity index (χ1n) is 25.3. The maximum absolute atomic E-state index is 14.6. The molecule has 5 saturated carbocycles. The molecule has 7 bridgehead atoms. The molecule has 64 heavy (non-hydrogen) atoms. The second kappa shape index (κ2) is 21.6. The second-order valence-corrected chi connectivity index (χ2v) is 20.4. The number of benzene rings is 1. The fraction of sp³-hybridized carbons (Fsp3) is 0.846. The molecule has 1 N–H and O–H groups in total. The number of hydrogen-bond donors (Lipinski definition) is 1. The summed E-state index contributed by atoms with van der Waals surface area (Å²) in [5, 5.41) is 12.3. The Bertz CT molecular complexity index is 1690. The molecule has 6 aliphatic rings. The topological polar surface area (TPSA) is 131 Å². The zero-order valence-corrected chi connectivity index (χ0v) is 40.6. The van der Waals surface area contributed by atoms with Gasteiger partial charge in [-0.15, -0.1) is 0 Å². The van der Waals surface area contributed by atoms with Crippen molar-refractivity contribution in [2.24, 2.45) is 40.4 Å². The molecule has 0 amide bonds. The molecule has 5 aliphatic carbocycles. The van der Waals surface area contributed by atoms with E-state index in [-0.39, 0.29) is 53.8 Å². The molecule has 12 nitrogen and oxygen atoms in total. The quantitative estimate of drug-likeness (QED) is 0.0669. The van der Waals surface area contributed by atoms with Crippen molar-refractivity contribution in [2.75, 3.05) is 62.4 Å². The molecule has 12 heteroatoms. The summed E-state index contributed by atoms with van der Waals surface area (Å²) < 4.78 is 50.9. The van der Waals surface area contributed by atoms with E-state index in [0.29, 0.717) is 55.9 Å². The average Bonchev–Trinajstić information content (AvgIpc) is 3.73. The molecule has 0 aromatic heterocycles. The number of rotatable bonds is 27. The predicted molar refractivity (Wildman–Crippen MR) is 245 cm³/mol. The van der Waals surface area contributed by atoms with Crippen molar-refractivity contribution in [1.82, 2.24) is 4.90 Å². The molecule has 1 unspecified atom stereocenters. The van der Waals surface area contributed by atoms with Gasteiger partial charge in [-0.25, -0.2) is 4.79 Å². The normalized spacial score (nSPS) is 36.8. The van der Waals surface area contributed by atoms with E-state index in [2.05, 4.69) is 18.7 Å². The number of carbonyl (C=O) groups is 2. The number of esters is 2. The highest BCUT2D eigenvalue weighted by molar-refractivity contribution is 5.90. The Morgan fingerprint density at radius 2 is 1.39 bits per heavy atom. The molecule has 0 radical (unpaired) electrons. The number of likely N-dealkylation sites (tertiary alicyclic amines) is 1. The molecule has 7 rings (SSSR count). The van der Waals surface area contributed by atoms with E-state index in [1.165, 1.54) is 77.0 Å². The van der Waals surface area contributed by atoms with Crippen LogP contribution in [0.15, 0.2) is 18.2 Å². The molecular formula is C52H83NO11. The van der Waals surface area contributed by atoms with Gasteiger partial charge in [0.2, 0.25) is 0 Å². The van der Waals surface area contributed by atoms with Crippen LogP contribution < -0.4 is 9.47 Å². The van der Waals surface area contributed by atoms with E-state index < -0.39 is 40.7 Å². The van der Waals surface area contributed by atoms with Gasteiger partial charge in [0.1, 0.15) is 11.7 Å². The maximum Gasteiger partial charge on any atom is 0.338 e. The zero-order valence-electron chi connectivity index (χ0n) is 40.6. The van der Waals surface area contributed by atoms with Gasteiger partial charge in [-0.05, 0) is 43.5 Å². The Labute approximate surface area is 384 Å². The third-order valence-corrected chi connectivity index (χ3v) is 17.6. The molecule has 6 fully saturated rings.